The molecule has 0 fully saturated rings. The molecular formula is C12H17N3S. The summed E-state index contributed by atoms with van der Waals surface area (Å²) in [6.45, 7) is 3.04. The highest BCUT2D eigenvalue weighted by Crippen LogP contribution is 2.19. The lowest BCUT2D eigenvalue weighted by Crippen LogP contribution is -1.97. The molecule has 0 aliphatic rings. The van der Waals surface area contributed by atoms with Crippen molar-refractivity contribution in [2.75, 3.05) is 5.32 Å². The molecule has 0 bridgehead atoms. The number of nitrogens with one attached hydrogen (secondary N) is 1. The molecule has 0 aliphatic heterocycles. The van der Waals surface area contributed by atoms with E-state index in [0.29, 0.717) is 0 Å². The Hall–Kier alpha value is -1.29. The summed E-state index contributed by atoms with van der Waals surface area (Å²) in [7, 11) is 2.03. The van der Waals surface area contributed by atoms with E-state index in [9.17, 15) is 0 Å². The lowest BCUT2D eigenvalue weighted by atomic mass is 10.3. The third-order valence-corrected chi connectivity index (χ3v) is 3.40. The number of hydrogen-bond donors (Lipinski definition) is 1. The van der Waals surface area contributed by atoms with Gasteiger partial charge in [-0.2, -0.15) is 0 Å². The minimum atomic E-state index is 0.847. The van der Waals surface area contributed by atoms with Crippen LogP contribution in [0, 0.1) is 0 Å². The second-order valence-electron chi connectivity index (χ2n) is 3.92. The number of rotatable bonds is 5. The van der Waals surface area contributed by atoms with Crippen molar-refractivity contribution in [3.05, 3.63) is 35.1 Å². The molecule has 0 aromatic carbocycles. The van der Waals surface area contributed by atoms with Gasteiger partial charge in [0, 0.05) is 37.1 Å². The number of nitrogens with zero attached hydrogens (tertiary/aromatic N) is 2. The third-order valence-electron chi connectivity index (χ3n) is 2.39. The van der Waals surface area contributed by atoms with Gasteiger partial charge in [-0.15, -0.1) is 11.3 Å². The van der Waals surface area contributed by atoms with Crippen molar-refractivity contribution in [3.8, 4) is 0 Å². The van der Waals surface area contributed by atoms with E-state index < -0.39 is 0 Å². The molecule has 2 heterocycles. The fourth-order valence-electron chi connectivity index (χ4n) is 1.59. The summed E-state index contributed by atoms with van der Waals surface area (Å²) in [6, 6.07) is 2.12. The van der Waals surface area contributed by atoms with Gasteiger partial charge in [0.2, 0.25) is 0 Å². The smallest absolute Gasteiger partial charge is 0.183 e. The monoisotopic (exact) mass is 235 g/mol. The number of thiazole rings is 1. The maximum Gasteiger partial charge on any atom is 0.183 e. The Morgan fingerprint density at radius 3 is 3.06 bits per heavy atom. The molecule has 2 aromatic rings. The van der Waals surface area contributed by atoms with Crippen LogP contribution in [0.3, 0.4) is 0 Å². The van der Waals surface area contributed by atoms with Crippen LogP contribution in [-0.4, -0.2) is 9.55 Å². The first-order valence-electron chi connectivity index (χ1n) is 5.57. The molecule has 0 amide bonds. The molecule has 86 valence electrons. The van der Waals surface area contributed by atoms with E-state index in [0.717, 1.165) is 18.1 Å². The van der Waals surface area contributed by atoms with Crippen molar-refractivity contribution in [2.24, 2.45) is 7.05 Å². The van der Waals surface area contributed by atoms with Gasteiger partial charge in [0.1, 0.15) is 0 Å². The second-order valence-corrected chi connectivity index (χ2v) is 5.04. The Morgan fingerprint density at radius 2 is 2.38 bits per heavy atom. The first-order chi connectivity index (χ1) is 7.78. The summed E-state index contributed by atoms with van der Waals surface area (Å²) in [5.74, 6) is 0. The van der Waals surface area contributed by atoms with E-state index in [4.69, 9.17) is 0 Å². The maximum absolute atomic E-state index is 4.36. The molecular weight excluding hydrogens is 218 g/mol. The molecule has 0 saturated carbocycles. The Labute approximate surface area is 100 Å². The van der Waals surface area contributed by atoms with Gasteiger partial charge in [0.05, 0.1) is 0 Å². The largest absolute Gasteiger partial charge is 0.357 e. The van der Waals surface area contributed by atoms with Crippen LogP contribution in [0.1, 0.15) is 23.8 Å². The zero-order valence-electron chi connectivity index (χ0n) is 9.73. The fourth-order valence-corrected chi connectivity index (χ4v) is 2.50. The summed E-state index contributed by atoms with van der Waals surface area (Å²) >= 11 is 1.75. The van der Waals surface area contributed by atoms with Crippen molar-refractivity contribution in [3.63, 3.8) is 0 Å². The standard InChI is InChI=1S/C12H17N3S/c1-3-4-11-8-14-12(16-11)13-7-10-5-6-15(2)9-10/h5-6,8-9H,3-4,7H2,1-2H3,(H,13,14). The van der Waals surface area contributed by atoms with Crippen LogP contribution >= 0.6 is 11.3 Å². The van der Waals surface area contributed by atoms with Crippen LogP contribution in [-0.2, 0) is 20.0 Å². The number of aromatic nitrogens is 2. The van der Waals surface area contributed by atoms with Gasteiger partial charge in [-0.1, -0.05) is 13.3 Å². The zero-order valence-corrected chi connectivity index (χ0v) is 10.5. The Balaban J connectivity index is 1.89. The average molecular weight is 235 g/mol. The lowest BCUT2D eigenvalue weighted by Gasteiger charge is -1.99. The van der Waals surface area contributed by atoms with Crippen molar-refractivity contribution in [2.45, 2.75) is 26.3 Å². The summed E-state index contributed by atoms with van der Waals surface area (Å²) in [5.41, 5.74) is 1.29. The van der Waals surface area contributed by atoms with Crippen LogP contribution in [0.4, 0.5) is 5.13 Å². The molecule has 4 heteroatoms. The third kappa shape index (κ3) is 2.85. The van der Waals surface area contributed by atoms with Crippen LogP contribution < -0.4 is 5.32 Å². The zero-order chi connectivity index (χ0) is 11.4. The summed E-state index contributed by atoms with van der Waals surface area (Å²) < 4.78 is 2.06. The number of aryl methyl sites for hydroxylation is 2. The Morgan fingerprint density at radius 1 is 1.50 bits per heavy atom. The SMILES string of the molecule is CCCc1cnc(NCc2ccn(C)c2)s1. The number of anilines is 1. The molecule has 3 nitrogen and oxygen atoms in total. The molecule has 2 aromatic heterocycles. The van der Waals surface area contributed by atoms with Crippen LogP contribution in [0.15, 0.2) is 24.7 Å². The van der Waals surface area contributed by atoms with Crippen LogP contribution in [0.2, 0.25) is 0 Å². The molecule has 0 atom stereocenters. The first-order valence-corrected chi connectivity index (χ1v) is 6.39. The van der Waals surface area contributed by atoms with E-state index >= 15 is 0 Å². The topological polar surface area (TPSA) is 29.9 Å². The highest BCUT2D eigenvalue weighted by Gasteiger charge is 2.01. The Kier molecular flexibility index (Phi) is 3.62. The minimum absolute atomic E-state index is 0.847. The lowest BCUT2D eigenvalue weighted by molar-refractivity contribution is 0.920. The summed E-state index contributed by atoms with van der Waals surface area (Å²) in [5, 5.41) is 4.37. The first kappa shape index (κ1) is 11.2. The van der Waals surface area contributed by atoms with Crippen molar-refractivity contribution in [1.29, 1.82) is 0 Å². The van der Waals surface area contributed by atoms with Crippen LogP contribution in [0.5, 0.6) is 0 Å². The Bertz CT molecular complexity index is 445. The molecule has 0 aliphatic carbocycles. The molecule has 0 unspecified atom stereocenters. The van der Waals surface area contributed by atoms with Gasteiger partial charge in [-0.3, -0.25) is 0 Å². The van der Waals surface area contributed by atoms with Gasteiger partial charge in [0.25, 0.3) is 0 Å². The van der Waals surface area contributed by atoms with Gasteiger partial charge in [0.15, 0.2) is 5.13 Å². The van der Waals surface area contributed by atoms with Gasteiger partial charge in [-0.25, -0.2) is 4.98 Å². The predicted molar refractivity (Wildman–Crippen MR) is 68.8 cm³/mol. The summed E-state index contributed by atoms with van der Waals surface area (Å²) in [6.07, 6.45) is 8.46. The highest BCUT2D eigenvalue weighted by molar-refractivity contribution is 7.15. The van der Waals surface area contributed by atoms with E-state index in [2.05, 4.69) is 40.3 Å². The van der Waals surface area contributed by atoms with Crippen LogP contribution in [0.25, 0.3) is 0 Å². The van der Waals surface area contributed by atoms with E-state index in [1.165, 1.54) is 16.9 Å². The van der Waals surface area contributed by atoms with Crippen molar-refractivity contribution in [1.82, 2.24) is 9.55 Å². The fraction of sp³-hybridized carbons (Fsp3) is 0.417. The normalized spacial score (nSPS) is 10.6. The number of hydrogen-bond acceptors (Lipinski definition) is 3. The molecule has 1 N–H and O–H groups in total. The quantitative estimate of drug-likeness (QED) is 0.863. The predicted octanol–water partition coefficient (Wildman–Crippen LogP) is 3.05. The molecule has 2 rings (SSSR count). The highest BCUT2D eigenvalue weighted by atomic mass is 32.1. The van der Waals surface area contributed by atoms with Gasteiger partial charge >= 0.3 is 0 Å². The van der Waals surface area contributed by atoms with Crippen molar-refractivity contribution >= 4 is 16.5 Å². The maximum atomic E-state index is 4.36. The summed E-state index contributed by atoms with van der Waals surface area (Å²) in [4.78, 5) is 5.72. The van der Waals surface area contributed by atoms with Gasteiger partial charge < -0.3 is 9.88 Å². The average Bonchev–Trinajstić information content (AvgIpc) is 2.85. The molecule has 0 spiro atoms. The second kappa shape index (κ2) is 5.16. The molecule has 16 heavy (non-hydrogen) atoms. The van der Waals surface area contributed by atoms with E-state index in [1.54, 1.807) is 11.3 Å². The molecule has 0 saturated heterocycles. The van der Waals surface area contributed by atoms with E-state index in [-0.39, 0.29) is 0 Å². The van der Waals surface area contributed by atoms with Gasteiger partial charge in [-0.05, 0) is 18.1 Å². The van der Waals surface area contributed by atoms with Crippen molar-refractivity contribution < 1.29 is 0 Å². The molecule has 0 radical (unpaired) electrons. The van der Waals surface area contributed by atoms with E-state index in [1.807, 2.05) is 13.2 Å². The minimum Gasteiger partial charge on any atom is -0.357 e.